The molecule has 0 saturated heterocycles. The lowest BCUT2D eigenvalue weighted by molar-refractivity contribution is 0.222. The SMILES string of the molecule is CCC(C(Nc1cccc(Cl)c1Cl)c1ccccc1)N(C)/N=C\N. The summed E-state index contributed by atoms with van der Waals surface area (Å²) >= 11 is 12.5. The molecule has 3 N–H and O–H groups in total. The summed E-state index contributed by atoms with van der Waals surface area (Å²) in [4.78, 5) is 0. The lowest BCUT2D eigenvalue weighted by Gasteiger charge is -2.34. The van der Waals surface area contributed by atoms with E-state index in [-0.39, 0.29) is 12.1 Å². The van der Waals surface area contributed by atoms with Crippen molar-refractivity contribution < 1.29 is 0 Å². The van der Waals surface area contributed by atoms with Crippen LogP contribution in [0.25, 0.3) is 0 Å². The van der Waals surface area contributed by atoms with E-state index in [9.17, 15) is 0 Å². The minimum atomic E-state index is -0.0270. The number of anilines is 1. The maximum Gasteiger partial charge on any atom is 0.106 e. The summed E-state index contributed by atoms with van der Waals surface area (Å²) in [6.45, 7) is 2.12. The van der Waals surface area contributed by atoms with Crippen molar-refractivity contribution in [2.45, 2.75) is 25.4 Å². The molecule has 0 amide bonds. The van der Waals surface area contributed by atoms with Gasteiger partial charge in [-0.05, 0) is 24.1 Å². The summed E-state index contributed by atoms with van der Waals surface area (Å²) in [5.74, 6) is 0. The second kappa shape index (κ2) is 8.81. The quantitative estimate of drug-likeness (QED) is 0.423. The standard InChI is InChI=1S/C18H22Cl2N4/c1-3-16(24(2)22-12-21)18(13-8-5-4-6-9-13)23-15-11-7-10-14(19)17(15)20/h4-12,16,18,23H,3H2,1-2H3,(H2,21,22). The van der Waals surface area contributed by atoms with Crippen molar-refractivity contribution in [1.82, 2.24) is 5.01 Å². The van der Waals surface area contributed by atoms with E-state index < -0.39 is 0 Å². The van der Waals surface area contributed by atoms with Crippen LogP contribution in [-0.4, -0.2) is 24.4 Å². The van der Waals surface area contributed by atoms with Gasteiger partial charge in [-0.25, -0.2) is 0 Å². The van der Waals surface area contributed by atoms with Crippen LogP contribution >= 0.6 is 23.2 Å². The van der Waals surface area contributed by atoms with Crippen LogP contribution in [0.1, 0.15) is 24.9 Å². The number of halogens is 2. The van der Waals surface area contributed by atoms with Crippen molar-refractivity contribution in [3.05, 3.63) is 64.1 Å². The third kappa shape index (κ3) is 4.34. The van der Waals surface area contributed by atoms with Crippen molar-refractivity contribution in [1.29, 1.82) is 0 Å². The first-order valence-corrected chi connectivity index (χ1v) is 8.56. The average Bonchev–Trinajstić information content (AvgIpc) is 2.59. The lowest BCUT2D eigenvalue weighted by Crippen LogP contribution is -2.37. The molecule has 2 unspecified atom stereocenters. The summed E-state index contributed by atoms with van der Waals surface area (Å²) in [6.07, 6.45) is 2.18. The van der Waals surface area contributed by atoms with E-state index >= 15 is 0 Å². The molecular formula is C18H22Cl2N4. The van der Waals surface area contributed by atoms with Crippen LogP contribution in [0.4, 0.5) is 5.69 Å². The molecule has 0 aliphatic heterocycles. The van der Waals surface area contributed by atoms with Crippen LogP contribution in [0.5, 0.6) is 0 Å². The van der Waals surface area contributed by atoms with Crippen molar-refractivity contribution in [3.63, 3.8) is 0 Å². The first-order chi connectivity index (χ1) is 11.6. The van der Waals surface area contributed by atoms with Gasteiger partial charge in [0.2, 0.25) is 0 Å². The van der Waals surface area contributed by atoms with E-state index in [0.29, 0.717) is 10.0 Å². The predicted molar refractivity (Wildman–Crippen MR) is 104 cm³/mol. The molecule has 0 saturated carbocycles. The fourth-order valence-corrected chi connectivity index (χ4v) is 3.11. The van der Waals surface area contributed by atoms with Gasteiger partial charge in [0.15, 0.2) is 0 Å². The first kappa shape index (κ1) is 18.4. The Morgan fingerprint density at radius 3 is 2.50 bits per heavy atom. The number of nitrogens with two attached hydrogens (primary N) is 1. The van der Waals surface area contributed by atoms with E-state index in [0.717, 1.165) is 17.7 Å². The predicted octanol–water partition coefficient (Wildman–Crippen LogP) is 4.76. The van der Waals surface area contributed by atoms with Crippen molar-refractivity contribution in [2.24, 2.45) is 10.8 Å². The number of benzene rings is 2. The Balaban J connectivity index is 2.41. The Hall–Kier alpha value is -1.91. The van der Waals surface area contributed by atoms with Crippen LogP contribution in [-0.2, 0) is 0 Å². The zero-order chi connectivity index (χ0) is 17.5. The second-order valence-electron chi connectivity index (χ2n) is 5.45. The Kier molecular flexibility index (Phi) is 6.76. The molecule has 0 fully saturated rings. The number of hydrogen-bond donors (Lipinski definition) is 2. The highest BCUT2D eigenvalue weighted by atomic mass is 35.5. The minimum Gasteiger partial charge on any atom is -0.388 e. The molecule has 0 aliphatic rings. The summed E-state index contributed by atoms with van der Waals surface area (Å²) < 4.78 is 0. The van der Waals surface area contributed by atoms with Gasteiger partial charge in [0.25, 0.3) is 0 Å². The largest absolute Gasteiger partial charge is 0.388 e. The van der Waals surface area contributed by atoms with Gasteiger partial charge in [0.1, 0.15) is 6.34 Å². The molecule has 0 bridgehead atoms. The molecule has 0 radical (unpaired) electrons. The van der Waals surface area contributed by atoms with Crippen molar-refractivity contribution in [2.75, 3.05) is 12.4 Å². The smallest absolute Gasteiger partial charge is 0.106 e. The number of nitrogens with one attached hydrogen (secondary N) is 1. The fraction of sp³-hybridized carbons (Fsp3) is 0.278. The van der Waals surface area contributed by atoms with Gasteiger partial charge in [-0.1, -0.05) is 66.5 Å². The van der Waals surface area contributed by atoms with E-state index in [1.54, 1.807) is 6.07 Å². The highest BCUT2D eigenvalue weighted by Crippen LogP contribution is 2.34. The van der Waals surface area contributed by atoms with E-state index in [2.05, 4.69) is 29.5 Å². The summed E-state index contributed by atoms with van der Waals surface area (Å²) in [5, 5.41) is 10.6. The van der Waals surface area contributed by atoms with Crippen molar-refractivity contribution in [3.8, 4) is 0 Å². The number of hydrazone groups is 1. The molecule has 2 aromatic carbocycles. The topological polar surface area (TPSA) is 53.6 Å². The highest BCUT2D eigenvalue weighted by molar-refractivity contribution is 6.43. The zero-order valence-electron chi connectivity index (χ0n) is 13.8. The molecule has 0 aromatic heterocycles. The maximum absolute atomic E-state index is 6.36. The molecule has 2 aromatic rings. The third-order valence-electron chi connectivity index (χ3n) is 3.95. The summed E-state index contributed by atoms with van der Waals surface area (Å²) in [6, 6.07) is 15.8. The normalized spacial score (nSPS) is 13.7. The molecule has 0 heterocycles. The van der Waals surface area contributed by atoms with Crippen LogP contribution in [0.15, 0.2) is 53.6 Å². The second-order valence-corrected chi connectivity index (χ2v) is 6.23. The van der Waals surface area contributed by atoms with Gasteiger partial charge in [-0.3, -0.25) is 5.01 Å². The van der Waals surface area contributed by atoms with Crippen LogP contribution in [0, 0.1) is 0 Å². The van der Waals surface area contributed by atoms with E-state index in [1.807, 2.05) is 42.4 Å². The molecule has 4 nitrogen and oxygen atoms in total. The molecule has 0 aliphatic carbocycles. The molecule has 2 atom stereocenters. The molecule has 0 spiro atoms. The number of hydrogen-bond acceptors (Lipinski definition) is 3. The molecule has 2 rings (SSSR count). The maximum atomic E-state index is 6.36. The van der Waals surface area contributed by atoms with Crippen LogP contribution < -0.4 is 11.1 Å². The zero-order valence-corrected chi connectivity index (χ0v) is 15.3. The summed E-state index contributed by atoms with van der Waals surface area (Å²) in [5.41, 5.74) is 7.40. The van der Waals surface area contributed by atoms with E-state index in [4.69, 9.17) is 28.9 Å². The highest BCUT2D eigenvalue weighted by Gasteiger charge is 2.25. The molecular weight excluding hydrogens is 343 g/mol. The van der Waals surface area contributed by atoms with Gasteiger partial charge in [-0.2, -0.15) is 5.10 Å². The van der Waals surface area contributed by atoms with Crippen molar-refractivity contribution >= 4 is 35.2 Å². The Labute approximate surface area is 153 Å². The Morgan fingerprint density at radius 1 is 1.17 bits per heavy atom. The molecule has 128 valence electrons. The molecule has 6 heteroatoms. The van der Waals surface area contributed by atoms with Gasteiger partial charge in [0.05, 0.1) is 27.8 Å². The molecule has 24 heavy (non-hydrogen) atoms. The minimum absolute atomic E-state index is 0.0270. The van der Waals surface area contributed by atoms with Crippen LogP contribution in [0.3, 0.4) is 0 Å². The average molecular weight is 365 g/mol. The van der Waals surface area contributed by atoms with Gasteiger partial charge in [-0.15, -0.1) is 0 Å². The van der Waals surface area contributed by atoms with Crippen LogP contribution in [0.2, 0.25) is 10.0 Å². The third-order valence-corrected chi connectivity index (χ3v) is 4.77. The first-order valence-electron chi connectivity index (χ1n) is 7.81. The Bertz CT molecular complexity index is 676. The monoisotopic (exact) mass is 364 g/mol. The fourth-order valence-electron chi connectivity index (χ4n) is 2.75. The van der Waals surface area contributed by atoms with Gasteiger partial charge < -0.3 is 11.1 Å². The Morgan fingerprint density at radius 2 is 1.88 bits per heavy atom. The van der Waals surface area contributed by atoms with E-state index in [1.165, 1.54) is 6.34 Å². The van der Waals surface area contributed by atoms with Gasteiger partial charge in [0, 0.05) is 7.05 Å². The number of nitrogens with zero attached hydrogens (tertiary/aromatic N) is 2. The number of likely N-dealkylation sites (N-methyl/N-ethyl adjacent to an activating group) is 1. The number of rotatable bonds is 7. The lowest BCUT2D eigenvalue weighted by atomic mass is 9.96. The van der Waals surface area contributed by atoms with Gasteiger partial charge >= 0.3 is 0 Å². The summed E-state index contributed by atoms with van der Waals surface area (Å²) in [7, 11) is 1.91.